The van der Waals surface area contributed by atoms with Crippen LogP contribution in [0, 0.1) is 12.7 Å². The number of hydrogen-bond acceptors (Lipinski definition) is 3. The van der Waals surface area contributed by atoms with Gasteiger partial charge in [-0.25, -0.2) is 4.39 Å². The summed E-state index contributed by atoms with van der Waals surface area (Å²) in [5, 5.41) is 3.30. The molecule has 0 radical (unpaired) electrons. The quantitative estimate of drug-likeness (QED) is 0.895. The van der Waals surface area contributed by atoms with Crippen LogP contribution in [0.4, 0.5) is 10.1 Å². The molecule has 1 heterocycles. The Morgan fingerprint density at radius 1 is 1.33 bits per heavy atom. The van der Waals surface area contributed by atoms with E-state index in [0.29, 0.717) is 18.0 Å². The molecule has 21 heavy (non-hydrogen) atoms. The summed E-state index contributed by atoms with van der Waals surface area (Å²) in [6.07, 6.45) is -0.243. The van der Waals surface area contributed by atoms with Gasteiger partial charge in [0.2, 0.25) is 0 Å². The van der Waals surface area contributed by atoms with Gasteiger partial charge >= 0.3 is 0 Å². The number of ether oxygens (including phenoxy) is 2. The Balaban J connectivity index is 1.96. The standard InChI is InChI=1S/C16H15ClFNO2/c1-9-3-4-14(20-2)10(5-9)16-8-19-13-6-11(17)12(18)7-15(13)21-16/h3-7,16,19H,8H2,1-2H3. The number of benzene rings is 2. The summed E-state index contributed by atoms with van der Waals surface area (Å²) in [7, 11) is 1.62. The van der Waals surface area contributed by atoms with Crippen LogP contribution in [0.15, 0.2) is 30.3 Å². The van der Waals surface area contributed by atoms with Crippen LogP contribution in [0.2, 0.25) is 5.02 Å². The monoisotopic (exact) mass is 307 g/mol. The Labute approximate surface area is 127 Å². The fourth-order valence-corrected chi connectivity index (χ4v) is 2.60. The molecule has 0 spiro atoms. The predicted molar refractivity (Wildman–Crippen MR) is 81.0 cm³/mol. The topological polar surface area (TPSA) is 30.5 Å². The highest BCUT2D eigenvalue weighted by Gasteiger charge is 2.25. The molecule has 3 rings (SSSR count). The molecule has 1 aliphatic heterocycles. The molecule has 1 atom stereocenters. The van der Waals surface area contributed by atoms with E-state index in [-0.39, 0.29) is 11.1 Å². The third-order valence-electron chi connectivity index (χ3n) is 3.50. The number of nitrogens with one attached hydrogen (secondary N) is 1. The van der Waals surface area contributed by atoms with Gasteiger partial charge in [-0.3, -0.25) is 0 Å². The lowest BCUT2D eigenvalue weighted by Crippen LogP contribution is -2.24. The van der Waals surface area contributed by atoms with Gasteiger partial charge in [0.25, 0.3) is 0 Å². The van der Waals surface area contributed by atoms with E-state index >= 15 is 0 Å². The van der Waals surface area contributed by atoms with Crippen LogP contribution < -0.4 is 14.8 Å². The van der Waals surface area contributed by atoms with Gasteiger partial charge < -0.3 is 14.8 Å². The van der Waals surface area contributed by atoms with E-state index in [0.717, 1.165) is 16.9 Å². The minimum atomic E-state index is -0.492. The Bertz CT molecular complexity index is 690. The zero-order valence-electron chi connectivity index (χ0n) is 11.7. The summed E-state index contributed by atoms with van der Waals surface area (Å²) in [5.41, 5.74) is 2.75. The second-order valence-electron chi connectivity index (χ2n) is 5.00. The van der Waals surface area contributed by atoms with Gasteiger partial charge in [-0.2, -0.15) is 0 Å². The average molecular weight is 308 g/mol. The van der Waals surface area contributed by atoms with Crippen LogP contribution in [-0.2, 0) is 0 Å². The molecule has 0 aliphatic carbocycles. The minimum Gasteiger partial charge on any atom is -0.496 e. The highest BCUT2D eigenvalue weighted by atomic mass is 35.5. The first kappa shape index (κ1) is 14.0. The van der Waals surface area contributed by atoms with Crippen LogP contribution in [0.1, 0.15) is 17.2 Å². The average Bonchev–Trinajstić information content (AvgIpc) is 2.48. The first-order chi connectivity index (χ1) is 10.1. The van der Waals surface area contributed by atoms with E-state index in [9.17, 15) is 4.39 Å². The largest absolute Gasteiger partial charge is 0.496 e. The number of rotatable bonds is 2. The Kier molecular flexibility index (Phi) is 3.64. The maximum absolute atomic E-state index is 13.6. The molecule has 1 unspecified atom stereocenters. The Morgan fingerprint density at radius 3 is 2.90 bits per heavy atom. The Morgan fingerprint density at radius 2 is 2.14 bits per heavy atom. The Hall–Kier alpha value is -1.94. The zero-order valence-corrected chi connectivity index (χ0v) is 12.5. The molecule has 0 aromatic heterocycles. The summed E-state index contributed by atoms with van der Waals surface area (Å²) in [6.45, 7) is 2.57. The zero-order chi connectivity index (χ0) is 15.0. The predicted octanol–water partition coefficient (Wildman–Crippen LogP) is 4.34. The van der Waals surface area contributed by atoms with Crippen molar-refractivity contribution in [3.63, 3.8) is 0 Å². The van der Waals surface area contributed by atoms with Crippen molar-refractivity contribution in [1.82, 2.24) is 0 Å². The fourth-order valence-electron chi connectivity index (χ4n) is 2.44. The van der Waals surface area contributed by atoms with E-state index in [2.05, 4.69) is 5.32 Å². The highest BCUT2D eigenvalue weighted by molar-refractivity contribution is 6.31. The molecule has 0 saturated heterocycles. The number of methoxy groups -OCH3 is 1. The van der Waals surface area contributed by atoms with Crippen LogP contribution >= 0.6 is 11.6 Å². The smallest absolute Gasteiger partial charge is 0.146 e. The third kappa shape index (κ3) is 2.63. The number of hydrogen-bond donors (Lipinski definition) is 1. The van der Waals surface area contributed by atoms with Gasteiger partial charge in [0.1, 0.15) is 23.4 Å². The lowest BCUT2D eigenvalue weighted by molar-refractivity contribution is 0.204. The van der Waals surface area contributed by atoms with E-state index in [4.69, 9.17) is 21.1 Å². The molecule has 1 aliphatic rings. The van der Waals surface area contributed by atoms with Gasteiger partial charge in [0.15, 0.2) is 0 Å². The number of aryl methyl sites for hydroxylation is 1. The van der Waals surface area contributed by atoms with Crippen LogP contribution in [-0.4, -0.2) is 13.7 Å². The number of halogens is 2. The van der Waals surface area contributed by atoms with Crippen molar-refractivity contribution in [3.05, 3.63) is 52.3 Å². The van der Waals surface area contributed by atoms with Crippen LogP contribution in [0.3, 0.4) is 0 Å². The minimum absolute atomic E-state index is 0.0800. The van der Waals surface area contributed by atoms with E-state index in [1.165, 1.54) is 12.1 Å². The number of anilines is 1. The first-order valence-corrected chi connectivity index (χ1v) is 7.00. The summed E-state index contributed by atoms with van der Waals surface area (Å²) >= 11 is 5.78. The maximum atomic E-state index is 13.6. The molecule has 2 aromatic rings. The van der Waals surface area contributed by atoms with Gasteiger partial charge in [0.05, 0.1) is 24.4 Å². The molecular weight excluding hydrogens is 293 g/mol. The van der Waals surface area contributed by atoms with E-state index < -0.39 is 5.82 Å². The van der Waals surface area contributed by atoms with Crippen molar-refractivity contribution < 1.29 is 13.9 Å². The summed E-state index contributed by atoms with van der Waals surface area (Å²) in [5.74, 6) is 0.719. The fraction of sp³-hybridized carbons (Fsp3) is 0.250. The van der Waals surface area contributed by atoms with E-state index in [1.807, 2.05) is 25.1 Å². The van der Waals surface area contributed by atoms with Crippen LogP contribution in [0.5, 0.6) is 11.5 Å². The third-order valence-corrected chi connectivity index (χ3v) is 3.79. The van der Waals surface area contributed by atoms with Crippen molar-refractivity contribution in [1.29, 1.82) is 0 Å². The molecule has 5 heteroatoms. The molecule has 2 aromatic carbocycles. The number of fused-ring (bicyclic) bond motifs is 1. The van der Waals surface area contributed by atoms with Crippen LogP contribution in [0.25, 0.3) is 0 Å². The van der Waals surface area contributed by atoms with Crippen molar-refractivity contribution in [2.24, 2.45) is 0 Å². The van der Waals surface area contributed by atoms with Gasteiger partial charge in [-0.1, -0.05) is 23.2 Å². The second-order valence-corrected chi connectivity index (χ2v) is 5.40. The molecule has 0 saturated carbocycles. The van der Waals surface area contributed by atoms with Crippen molar-refractivity contribution in [3.8, 4) is 11.5 Å². The highest BCUT2D eigenvalue weighted by Crippen LogP contribution is 2.39. The summed E-state index contributed by atoms with van der Waals surface area (Å²) in [6, 6.07) is 8.75. The van der Waals surface area contributed by atoms with Gasteiger partial charge in [0, 0.05) is 11.6 Å². The second kappa shape index (κ2) is 5.45. The maximum Gasteiger partial charge on any atom is 0.146 e. The lowest BCUT2D eigenvalue weighted by atomic mass is 10.0. The first-order valence-electron chi connectivity index (χ1n) is 6.62. The molecule has 1 N–H and O–H groups in total. The lowest BCUT2D eigenvalue weighted by Gasteiger charge is -2.29. The molecule has 3 nitrogen and oxygen atoms in total. The van der Waals surface area contributed by atoms with Crippen molar-refractivity contribution in [2.45, 2.75) is 13.0 Å². The van der Waals surface area contributed by atoms with Gasteiger partial charge in [-0.15, -0.1) is 0 Å². The summed E-state index contributed by atoms with van der Waals surface area (Å²) < 4.78 is 24.9. The normalized spacial score (nSPS) is 16.7. The molecule has 0 bridgehead atoms. The molecule has 0 fully saturated rings. The molecule has 0 amide bonds. The summed E-state index contributed by atoms with van der Waals surface area (Å²) in [4.78, 5) is 0. The molecule has 110 valence electrons. The van der Waals surface area contributed by atoms with Crippen molar-refractivity contribution >= 4 is 17.3 Å². The SMILES string of the molecule is COc1ccc(C)cc1C1CNc2cc(Cl)c(F)cc2O1. The molecular formula is C16H15ClFNO2. The van der Waals surface area contributed by atoms with Crippen molar-refractivity contribution in [2.75, 3.05) is 19.0 Å². The van der Waals surface area contributed by atoms with Gasteiger partial charge in [-0.05, 0) is 25.1 Å². The van der Waals surface area contributed by atoms with E-state index in [1.54, 1.807) is 7.11 Å².